The topological polar surface area (TPSA) is 54.9 Å². The molecule has 0 aliphatic heterocycles. The van der Waals surface area contributed by atoms with Gasteiger partial charge in [0.2, 0.25) is 0 Å². The molecule has 1 aromatic heterocycles. The summed E-state index contributed by atoms with van der Waals surface area (Å²) >= 11 is 3.40. The molecule has 27 heavy (non-hydrogen) atoms. The normalized spacial score (nSPS) is 14.5. The van der Waals surface area contributed by atoms with Gasteiger partial charge in [-0.1, -0.05) is 54.0 Å². The Morgan fingerprint density at radius 1 is 1.04 bits per heavy atom. The number of nitrogens with one attached hydrogen (secondary N) is 1. The van der Waals surface area contributed by atoms with Crippen molar-refractivity contribution in [3.05, 3.63) is 85.0 Å². The third-order valence-electron chi connectivity index (χ3n) is 5.89. The smallest absolute Gasteiger partial charge is 0.306 e. The fraction of sp³-hybridized carbons (Fsp3) is 0.273. The van der Waals surface area contributed by atoms with Gasteiger partial charge in [0.05, 0.1) is 11.4 Å². The van der Waals surface area contributed by atoms with Crippen LogP contribution in [0, 0.1) is 0 Å². The lowest BCUT2D eigenvalue weighted by Crippen LogP contribution is -2.45. The fourth-order valence-corrected chi connectivity index (χ4v) is 4.54. The van der Waals surface area contributed by atoms with Crippen LogP contribution in [0.2, 0.25) is 0 Å². The van der Waals surface area contributed by atoms with Crippen LogP contribution in [0.1, 0.15) is 37.8 Å². The number of hydrogen-bond acceptors (Lipinski definition) is 2. The molecule has 0 bridgehead atoms. The van der Waals surface area contributed by atoms with Crippen molar-refractivity contribution in [1.82, 2.24) is 9.55 Å². The van der Waals surface area contributed by atoms with Crippen molar-refractivity contribution in [3.63, 3.8) is 0 Å². The molecule has 3 aromatic rings. The van der Waals surface area contributed by atoms with Gasteiger partial charge in [0, 0.05) is 21.0 Å². The molecule has 2 aromatic carbocycles. The van der Waals surface area contributed by atoms with Crippen molar-refractivity contribution in [2.24, 2.45) is 0 Å². The predicted octanol–water partition coefficient (Wildman–Crippen LogP) is 4.57. The molecule has 0 fully saturated rings. The van der Waals surface area contributed by atoms with Crippen LogP contribution >= 0.6 is 15.9 Å². The Balaban J connectivity index is 2.09. The number of hydrogen-bond donors (Lipinski definition) is 1. The van der Waals surface area contributed by atoms with Gasteiger partial charge in [-0.25, -0.2) is 9.36 Å². The summed E-state index contributed by atoms with van der Waals surface area (Å²) in [6.07, 6.45) is 2.49. The van der Waals surface area contributed by atoms with Gasteiger partial charge >= 0.3 is 5.69 Å². The summed E-state index contributed by atoms with van der Waals surface area (Å²) in [4.78, 5) is 29.5. The maximum Gasteiger partial charge on any atom is 0.333 e. The van der Waals surface area contributed by atoms with Crippen LogP contribution in [0.4, 0.5) is 0 Å². The quantitative estimate of drug-likeness (QED) is 0.669. The summed E-state index contributed by atoms with van der Waals surface area (Å²) in [6, 6.07) is 15.3. The highest BCUT2D eigenvalue weighted by Crippen LogP contribution is 2.44. The Labute approximate surface area is 166 Å². The van der Waals surface area contributed by atoms with Crippen molar-refractivity contribution in [2.45, 2.75) is 38.5 Å². The van der Waals surface area contributed by atoms with E-state index in [1.165, 1.54) is 10.1 Å². The lowest BCUT2D eigenvalue weighted by atomic mass is 9.66. The summed E-state index contributed by atoms with van der Waals surface area (Å²) < 4.78 is 2.17. The molecular formula is C22H21BrN2O2. The minimum atomic E-state index is -0.404. The molecule has 0 atom stereocenters. The van der Waals surface area contributed by atoms with Gasteiger partial charge in [0.25, 0.3) is 5.56 Å². The summed E-state index contributed by atoms with van der Waals surface area (Å²) in [6.45, 7) is 4.24. The van der Waals surface area contributed by atoms with Gasteiger partial charge in [-0.15, -0.1) is 0 Å². The highest BCUT2D eigenvalue weighted by Gasteiger charge is 2.40. The molecule has 0 unspecified atom stereocenters. The van der Waals surface area contributed by atoms with Crippen LogP contribution in [0.25, 0.3) is 16.9 Å². The third-order valence-corrected chi connectivity index (χ3v) is 6.41. The van der Waals surface area contributed by atoms with E-state index < -0.39 is 5.69 Å². The molecule has 1 heterocycles. The van der Waals surface area contributed by atoms with Crippen LogP contribution < -0.4 is 11.2 Å². The number of nitrogens with zero attached hydrogens (tertiary/aromatic N) is 1. The van der Waals surface area contributed by atoms with Crippen LogP contribution in [-0.4, -0.2) is 9.55 Å². The molecule has 138 valence electrons. The van der Waals surface area contributed by atoms with E-state index in [1.54, 1.807) is 12.1 Å². The second kappa shape index (κ2) is 6.64. The van der Waals surface area contributed by atoms with E-state index in [-0.39, 0.29) is 11.0 Å². The summed E-state index contributed by atoms with van der Waals surface area (Å²) in [5.41, 5.74) is 3.24. The number of aromatic nitrogens is 2. The van der Waals surface area contributed by atoms with Gasteiger partial charge in [0.15, 0.2) is 0 Å². The zero-order valence-electron chi connectivity index (χ0n) is 15.4. The van der Waals surface area contributed by atoms with Gasteiger partial charge in [-0.2, -0.15) is 0 Å². The minimum absolute atomic E-state index is 0.214. The third kappa shape index (κ3) is 2.72. The van der Waals surface area contributed by atoms with Crippen LogP contribution in [0.15, 0.2) is 62.6 Å². The minimum Gasteiger partial charge on any atom is -0.306 e. The van der Waals surface area contributed by atoms with E-state index in [0.717, 1.165) is 34.9 Å². The standard InChI is InChI=1S/C22H21BrN2O2/c1-3-22(4-2)13-14-7-5-6-8-17(14)19-18(22)20(26)25(21(27)24-19)16-11-9-15(23)10-12-16/h5-12H,3-4,13H2,1-2H3,(H,24,27). The van der Waals surface area contributed by atoms with E-state index in [4.69, 9.17) is 0 Å². The molecule has 0 saturated heterocycles. The molecule has 1 aliphatic rings. The molecule has 0 radical (unpaired) electrons. The van der Waals surface area contributed by atoms with Crippen molar-refractivity contribution in [1.29, 1.82) is 0 Å². The average molecular weight is 425 g/mol. The Bertz CT molecular complexity index is 1120. The van der Waals surface area contributed by atoms with Crippen molar-refractivity contribution in [3.8, 4) is 16.9 Å². The lowest BCUT2D eigenvalue weighted by Gasteiger charge is -2.38. The molecule has 0 spiro atoms. The molecule has 5 heteroatoms. The van der Waals surface area contributed by atoms with E-state index in [1.807, 2.05) is 30.3 Å². The predicted molar refractivity (Wildman–Crippen MR) is 112 cm³/mol. The first-order valence-electron chi connectivity index (χ1n) is 9.25. The first kappa shape index (κ1) is 18.0. The Morgan fingerprint density at radius 3 is 2.37 bits per heavy atom. The molecular weight excluding hydrogens is 404 g/mol. The van der Waals surface area contributed by atoms with Crippen LogP contribution in [0.3, 0.4) is 0 Å². The van der Waals surface area contributed by atoms with Gasteiger partial charge in [0.1, 0.15) is 0 Å². The van der Waals surface area contributed by atoms with E-state index >= 15 is 0 Å². The zero-order chi connectivity index (χ0) is 19.2. The van der Waals surface area contributed by atoms with Crippen molar-refractivity contribution < 1.29 is 0 Å². The lowest BCUT2D eigenvalue weighted by molar-refractivity contribution is 0.381. The summed E-state index contributed by atoms with van der Waals surface area (Å²) in [7, 11) is 0. The number of benzene rings is 2. The molecule has 0 amide bonds. The molecule has 0 saturated carbocycles. The number of fused-ring (bicyclic) bond motifs is 3. The molecule has 4 rings (SSSR count). The second-order valence-corrected chi connectivity index (χ2v) is 8.03. The first-order valence-corrected chi connectivity index (χ1v) is 10.0. The number of aromatic amines is 1. The highest BCUT2D eigenvalue weighted by atomic mass is 79.9. The Kier molecular flexibility index (Phi) is 4.42. The van der Waals surface area contributed by atoms with Gasteiger partial charge < -0.3 is 4.98 Å². The number of H-pyrrole nitrogens is 1. The summed E-state index contributed by atoms with van der Waals surface area (Å²) in [5, 5.41) is 0. The van der Waals surface area contributed by atoms with Gasteiger partial charge in [-0.3, -0.25) is 4.79 Å². The zero-order valence-corrected chi connectivity index (χ0v) is 17.0. The monoisotopic (exact) mass is 424 g/mol. The number of halogens is 1. The van der Waals surface area contributed by atoms with Crippen molar-refractivity contribution >= 4 is 15.9 Å². The van der Waals surface area contributed by atoms with Crippen LogP contribution in [-0.2, 0) is 11.8 Å². The van der Waals surface area contributed by atoms with E-state index in [0.29, 0.717) is 11.4 Å². The highest BCUT2D eigenvalue weighted by molar-refractivity contribution is 9.10. The maximum atomic E-state index is 13.6. The van der Waals surface area contributed by atoms with Crippen molar-refractivity contribution in [2.75, 3.05) is 0 Å². The first-order chi connectivity index (χ1) is 13.0. The molecule has 4 nitrogen and oxygen atoms in total. The van der Waals surface area contributed by atoms with E-state index in [2.05, 4.69) is 40.8 Å². The Morgan fingerprint density at radius 2 is 1.70 bits per heavy atom. The SMILES string of the molecule is CCC1(CC)Cc2ccccc2-c2[nH]c(=O)n(-c3ccc(Br)cc3)c(=O)c21. The van der Waals surface area contributed by atoms with E-state index in [9.17, 15) is 9.59 Å². The average Bonchev–Trinajstić information content (AvgIpc) is 2.68. The molecule has 1 N–H and O–H groups in total. The van der Waals surface area contributed by atoms with Crippen LogP contribution in [0.5, 0.6) is 0 Å². The molecule has 1 aliphatic carbocycles. The second-order valence-electron chi connectivity index (χ2n) is 7.12. The number of rotatable bonds is 3. The fourth-order valence-electron chi connectivity index (χ4n) is 4.28. The maximum absolute atomic E-state index is 13.6. The Hall–Kier alpha value is -2.40. The largest absolute Gasteiger partial charge is 0.333 e. The van der Waals surface area contributed by atoms with Gasteiger partial charge in [-0.05, 0) is 49.1 Å². The summed E-state index contributed by atoms with van der Waals surface area (Å²) in [5.74, 6) is 0.